The molecular weight excluding hydrogens is 320 g/mol. The number of halogens is 1. The number of hydrogen-bond donors (Lipinski definition) is 1. The fraction of sp³-hybridized carbons (Fsp3) is 0.188. The molecule has 22 heavy (non-hydrogen) atoms. The average Bonchev–Trinajstić information content (AvgIpc) is 2.48. The number of hydrogen-bond acceptors (Lipinski definition) is 3. The molecule has 2 aromatic rings. The standard InChI is InChI=1S/C16H17ClN2O2S/c1-12(2)14-5-3-13(4-6-14)11-18-19-22(20,21)16-9-7-15(17)8-10-16/h3-12,19H,1-2H3. The highest BCUT2D eigenvalue weighted by Gasteiger charge is 2.11. The first-order chi connectivity index (χ1) is 10.4. The highest BCUT2D eigenvalue weighted by Crippen LogP contribution is 2.15. The van der Waals surface area contributed by atoms with Gasteiger partial charge in [-0.3, -0.25) is 0 Å². The molecule has 0 unspecified atom stereocenters. The zero-order chi connectivity index (χ0) is 16.2. The van der Waals surface area contributed by atoms with Crippen LogP contribution in [0.15, 0.2) is 58.5 Å². The van der Waals surface area contributed by atoms with Crippen LogP contribution in [0.2, 0.25) is 5.02 Å². The van der Waals surface area contributed by atoms with Crippen LogP contribution in [-0.2, 0) is 10.0 Å². The van der Waals surface area contributed by atoms with Gasteiger partial charge in [-0.1, -0.05) is 49.7 Å². The minimum Gasteiger partial charge on any atom is -0.200 e. The highest BCUT2D eigenvalue weighted by molar-refractivity contribution is 7.89. The van der Waals surface area contributed by atoms with Gasteiger partial charge in [0.2, 0.25) is 0 Å². The predicted octanol–water partition coefficient (Wildman–Crippen LogP) is 3.78. The molecule has 0 atom stereocenters. The van der Waals surface area contributed by atoms with Crippen molar-refractivity contribution in [1.29, 1.82) is 0 Å². The van der Waals surface area contributed by atoms with Crippen LogP contribution in [0.4, 0.5) is 0 Å². The van der Waals surface area contributed by atoms with Crippen LogP contribution < -0.4 is 4.83 Å². The van der Waals surface area contributed by atoms with E-state index in [0.717, 1.165) is 5.56 Å². The predicted molar refractivity (Wildman–Crippen MR) is 89.9 cm³/mol. The maximum atomic E-state index is 12.0. The second-order valence-electron chi connectivity index (χ2n) is 5.13. The van der Waals surface area contributed by atoms with Crippen LogP contribution in [0.1, 0.15) is 30.9 Å². The summed E-state index contributed by atoms with van der Waals surface area (Å²) in [4.78, 5) is 2.29. The van der Waals surface area contributed by atoms with E-state index in [1.165, 1.54) is 36.0 Å². The molecule has 0 fully saturated rings. The first kappa shape index (κ1) is 16.5. The van der Waals surface area contributed by atoms with Crippen LogP contribution >= 0.6 is 11.6 Å². The molecule has 2 rings (SSSR count). The van der Waals surface area contributed by atoms with Crippen LogP contribution in [0, 0.1) is 0 Å². The van der Waals surface area contributed by atoms with Gasteiger partial charge in [-0.2, -0.15) is 13.5 Å². The maximum Gasteiger partial charge on any atom is 0.276 e. The van der Waals surface area contributed by atoms with E-state index in [1.54, 1.807) is 0 Å². The summed E-state index contributed by atoms with van der Waals surface area (Å²) < 4.78 is 24.0. The Labute approximate surface area is 135 Å². The molecule has 0 aromatic heterocycles. The van der Waals surface area contributed by atoms with Gasteiger partial charge in [-0.15, -0.1) is 0 Å². The molecule has 0 radical (unpaired) electrons. The lowest BCUT2D eigenvalue weighted by atomic mass is 10.0. The molecule has 0 bridgehead atoms. The minimum atomic E-state index is -3.68. The van der Waals surface area contributed by atoms with Gasteiger partial charge in [-0.25, -0.2) is 4.83 Å². The summed E-state index contributed by atoms with van der Waals surface area (Å²) in [7, 11) is -3.68. The lowest BCUT2D eigenvalue weighted by Crippen LogP contribution is -2.18. The summed E-state index contributed by atoms with van der Waals surface area (Å²) in [5, 5.41) is 4.27. The molecule has 0 saturated carbocycles. The molecule has 0 saturated heterocycles. The zero-order valence-corrected chi connectivity index (χ0v) is 13.9. The summed E-state index contributed by atoms with van der Waals surface area (Å²) in [6, 6.07) is 13.7. The normalized spacial score (nSPS) is 12.0. The maximum absolute atomic E-state index is 12.0. The molecule has 6 heteroatoms. The lowest BCUT2D eigenvalue weighted by Gasteiger charge is -2.05. The molecule has 4 nitrogen and oxygen atoms in total. The van der Waals surface area contributed by atoms with E-state index in [0.29, 0.717) is 10.9 Å². The third-order valence-electron chi connectivity index (χ3n) is 3.11. The van der Waals surface area contributed by atoms with Crippen molar-refractivity contribution in [1.82, 2.24) is 4.83 Å². The first-order valence-electron chi connectivity index (χ1n) is 6.79. The molecule has 0 aliphatic rings. The van der Waals surface area contributed by atoms with E-state index >= 15 is 0 Å². The van der Waals surface area contributed by atoms with Gasteiger partial charge < -0.3 is 0 Å². The van der Waals surface area contributed by atoms with Crippen LogP contribution in [0.25, 0.3) is 0 Å². The van der Waals surface area contributed by atoms with Crippen molar-refractivity contribution in [3.63, 3.8) is 0 Å². The van der Waals surface area contributed by atoms with E-state index in [9.17, 15) is 8.42 Å². The molecule has 0 spiro atoms. The topological polar surface area (TPSA) is 58.5 Å². The Morgan fingerprint density at radius 2 is 1.64 bits per heavy atom. The van der Waals surface area contributed by atoms with Crippen LogP contribution in [-0.4, -0.2) is 14.6 Å². The average molecular weight is 337 g/mol. The zero-order valence-electron chi connectivity index (χ0n) is 12.3. The third kappa shape index (κ3) is 4.32. The van der Waals surface area contributed by atoms with Crippen molar-refractivity contribution in [2.75, 3.05) is 0 Å². The molecular formula is C16H17ClN2O2S. The number of rotatable bonds is 5. The van der Waals surface area contributed by atoms with E-state index in [1.807, 2.05) is 24.3 Å². The van der Waals surface area contributed by atoms with Gasteiger partial charge in [-0.05, 0) is 41.3 Å². The molecule has 1 N–H and O–H groups in total. The molecule has 0 aliphatic carbocycles. The van der Waals surface area contributed by atoms with E-state index in [-0.39, 0.29) is 4.90 Å². The van der Waals surface area contributed by atoms with Crippen molar-refractivity contribution in [2.24, 2.45) is 5.10 Å². The van der Waals surface area contributed by atoms with Crippen molar-refractivity contribution in [3.05, 3.63) is 64.7 Å². The Kier molecular flexibility index (Phi) is 5.21. The molecule has 0 aliphatic heterocycles. The van der Waals surface area contributed by atoms with Crippen molar-refractivity contribution < 1.29 is 8.42 Å². The second kappa shape index (κ2) is 6.94. The number of hydrazone groups is 1. The molecule has 116 valence electrons. The monoisotopic (exact) mass is 336 g/mol. The third-order valence-corrected chi connectivity index (χ3v) is 4.60. The van der Waals surface area contributed by atoms with Gasteiger partial charge in [0.15, 0.2) is 0 Å². The van der Waals surface area contributed by atoms with Gasteiger partial charge in [0.1, 0.15) is 0 Å². The fourth-order valence-corrected chi connectivity index (χ4v) is 2.72. The summed E-state index contributed by atoms with van der Waals surface area (Å²) >= 11 is 5.74. The molecule has 0 heterocycles. The van der Waals surface area contributed by atoms with Gasteiger partial charge in [0, 0.05) is 5.02 Å². The Balaban J connectivity index is 2.06. The summed E-state index contributed by atoms with van der Waals surface area (Å²) in [5.41, 5.74) is 2.04. The van der Waals surface area contributed by atoms with Crippen LogP contribution in [0.3, 0.4) is 0 Å². The Morgan fingerprint density at radius 1 is 1.05 bits per heavy atom. The highest BCUT2D eigenvalue weighted by atomic mass is 35.5. The minimum absolute atomic E-state index is 0.115. The van der Waals surface area contributed by atoms with Crippen molar-refractivity contribution >= 4 is 27.8 Å². The van der Waals surface area contributed by atoms with Gasteiger partial charge in [0.25, 0.3) is 10.0 Å². The number of nitrogens with zero attached hydrogens (tertiary/aromatic N) is 1. The van der Waals surface area contributed by atoms with Crippen LogP contribution in [0.5, 0.6) is 0 Å². The second-order valence-corrected chi connectivity index (χ2v) is 7.23. The van der Waals surface area contributed by atoms with Crippen molar-refractivity contribution in [2.45, 2.75) is 24.7 Å². The van der Waals surface area contributed by atoms with E-state index < -0.39 is 10.0 Å². The summed E-state index contributed by atoms with van der Waals surface area (Å²) in [6.07, 6.45) is 1.47. The summed E-state index contributed by atoms with van der Waals surface area (Å²) in [5.74, 6) is 0.453. The molecule has 2 aromatic carbocycles. The van der Waals surface area contributed by atoms with Gasteiger partial charge >= 0.3 is 0 Å². The largest absolute Gasteiger partial charge is 0.276 e. The Morgan fingerprint density at radius 3 is 2.18 bits per heavy atom. The lowest BCUT2D eigenvalue weighted by molar-refractivity contribution is 0.584. The quantitative estimate of drug-likeness (QED) is 0.667. The Hall–Kier alpha value is -1.85. The molecule has 0 amide bonds. The van der Waals surface area contributed by atoms with Gasteiger partial charge in [0.05, 0.1) is 11.1 Å². The first-order valence-corrected chi connectivity index (χ1v) is 8.65. The number of nitrogens with one attached hydrogen (secondary N) is 1. The van der Waals surface area contributed by atoms with Crippen molar-refractivity contribution in [3.8, 4) is 0 Å². The SMILES string of the molecule is CC(C)c1ccc(C=NNS(=O)(=O)c2ccc(Cl)cc2)cc1. The fourth-order valence-electron chi connectivity index (χ4n) is 1.80. The van der Waals surface area contributed by atoms with E-state index in [4.69, 9.17) is 11.6 Å². The summed E-state index contributed by atoms with van der Waals surface area (Å²) in [6.45, 7) is 4.23. The van der Waals surface area contributed by atoms with E-state index in [2.05, 4.69) is 23.8 Å². The number of benzene rings is 2. The smallest absolute Gasteiger partial charge is 0.200 e. The number of sulfonamides is 1. The Bertz CT molecular complexity index is 752.